The number of fused-ring (bicyclic) bond motifs is 1. The van der Waals surface area contributed by atoms with Gasteiger partial charge in [-0.15, -0.1) is 10.2 Å². The summed E-state index contributed by atoms with van der Waals surface area (Å²) in [6.45, 7) is 3.74. The van der Waals surface area contributed by atoms with E-state index in [1.807, 2.05) is 68.4 Å². The Kier molecular flexibility index (Phi) is 5.34. The van der Waals surface area contributed by atoms with Gasteiger partial charge in [-0.1, -0.05) is 42.5 Å². The van der Waals surface area contributed by atoms with E-state index in [1.165, 1.54) is 9.87 Å². The minimum atomic E-state index is -3.65. The van der Waals surface area contributed by atoms with E-state index in [0.29, 0.717) is 23.6 Å². The van der Waals surface area contributed by atoms with Gasteiger partial charge < -0.3 is 4.42 Å². The van der Waals surface area contributed by atoms with Gasteiger partial charge >= 0.3 is 0 Å². The molecule has 0 amide bonds. The number of nitrogens with zero attached hydrogens (tertiary/aromatic N) is 3. The highest BCUT2D eigenvalue weighted by atomic mass is 32.2. The lowest BCUT2D eigenvalue weighted by Gasteiger charge is -2.27. The average molecular weight is 410 g/mol. The Morgan fingerprint density at radius 2 is 1.72 bits per heavy atom. The quantitative estimate of drug-likeness (QED) is 0.608. The van der Waals surface area contributed by atoms with Gasteiger partial charge in [-0.3, -0.25) is 0 Å². The van der Waals surface area contributed by atoms with E-state index in [0.717, 1.165) is 11.1 Å². The molecule has 0 spiro atoms. The summed E-state index contributed by atoms with van der Waals surface area (Å²) in [6.07, 6.45) is 2.99. The summed E-state index contributed by atoms with van der Waals surface area (Å²) in [4.78, 5) is 0.424. The van der Waals surface area contributed by atoms with E-state index in [9.17, 15) is 8.42 Å². The predicted molar refractivity (Wildman–Crippen MR) is 112 cm³/mol. The molecule has 6 nitrogen and oxygen atoms in total. The van der Waals surface area contributed by atoms with Gasteiger partial charge in [-0.2, -0.15) is 4.31 Å². The Morgan fingerprint density at radius 3 is 2.48 bits per heavy atom. The minimum absolute atomic E-state index is 0.0405. The Labute approximate surface area is 170 Å². The van der Waals surface area contributed by atoms with Crippen molar-refractivity contribution in [2.75, 3.05) is 0 Å². The molecule has 0 aliphatic heterocycles. The van der Waals surface area contributed by atoms with Crippen LogP contribution in [-0.4, -0.2) is 29.0 Å². The zero-order valence-electron chi connectivity index (χ0n) is 16.4. The van der Waals surface area contributed by atoms with E-state index in [2.05, 4.69) is 10.2 Å². The third-order valence-electron chi connectivity index (χ3n) is 5.01. The van der Waals surface area contributed by atoms with Crippen LogP contribution in [0.25, 0.3) is 17.5 Å². The van der Waals surface area contributed by atoms with Crippen LogP contribution in [0.15, 0.2) is 63.9 Å². The molecule has 0 saturated carbocycles. The summed E-state index contributed by atoms with van der Waals surface area (Å²) >= 11 is 0. The standard InChI is InChI=1S/C22H23N3O3S/c1-16(2)25(15-21-23-24-22(28-21)18-9-4-3-5-10-18)29(26,27)20-13-12-17-8-6-7-11-19(17)14-20/h3-11,14,16H,12-13,15H2,1-2H3. The minimum Gasteiger partial charge on any atom is -0.419 e. The number of rotatable bonds is 6. The van der Waals surface area contributed by atoms with Gasteiger partial charge in [0.2, 0.25) is 21.8 Å². The molecule has 2 aromatic carbocycles. The van der Waals surface area contributed by atoms with Gasteiger partial charge in [0.05, 0.1) is 11.4 Å². The fourth-order valence-electron chi connectivity index (χ4n) is 3.45. The van der Waals surface area contributed by atoms with E-state index in [-0.39, 0.29) is 18.5 Å². The zero-order valence-corrected chi connectivity index (χ0v) is 17.3. The molecule has 4 rings (SSSR count). The molecule has 0 N–H and O–H groups in total. The highest BCUT2D eigenvalue weighted by Crippen LogP contribution is 2.30. The maximum atomic E-state index is 13.4. The molecule has 0 atom stereocenters. The number of sulfonamides is 1. The molecule has 1 aliphatic carbocycles. The van der Waals surface area contributed by atoms with Gasteiger partial charge in [0.15, 0.2) is 0 Å². The first-order chi connectivity index (χ1) is 13.9. The predicted octanol–water partition coefficient (Wildman–Crippen LogP) is 4.26. The Bertz CT molecular complexity index is 1130. The molecule has 29 heavy (non-hydrogen) atoms. The van der Waals surface area contributed by atoms with Gasteiger partial charge in [0.25, 0.3) is 0 Å². The van der Waals surface area contributed by atoms with Gasteiger partial charge in [0, 0.05) is 11.6 Å². The molecule has 1 heterocycles. The zero-order chi connectivity index (χ0) is 20.4. The van der Waals surface area contributed by atoms with E-state index in [1.54, 1.807) is 6.08 Å². The van der Waals surface area contributed by atoms with Gasteiger partial charge in [0.1, 0.15) is 0 Å². The monoisotopic (exact) mass is 409 g/mol. The molecule has 0 fully saturated rings. The van der Waals surface area contributed by atoms with E-state index < -0.39 is 10.0 Å². The van der Waals surface area contributed by atoms with Crippen LogP contribution in [0.1, 0.15) is 37.3 Å². The lowest BCUT2D eigenvalue weighted by Crippen LogP contribution is -2.37. The maximum Gasteiger partial charge on any atom is 0.247 e. The van der Waals surface area contributed by atoms with Gasteiger partial charge in [-0.05, 0) is 56.0 Å². The number of benzene rings is 2. The molecule has 0 unspecified atom stereocenters. The Balaban J connectivity index is 1.61. The molecular weight excluding hydrogens is 386 g/mol. The number of hydrogen-bond acceptors (Lipinski definition) is 5. The van der Waals surface area contributed by atoms with Crippen LogP contribution in [0, 0.1) is 0 Å². The van der Waals surface area contributed by atoms with Crippen LogP contribution in [0.2, 0.25) is 0 Å². The third kappa shape index (κ3) is 4.02. The molecule has 0 radical (unpaired) electrons. The second-order valence-electron chi connectivity index (χ2n) is 7.32. The van der Waals surface area contributed by atoms with Crippen molar-refractivity contribution in [2.45, 2.75) is 39.3 Å². The van der Waals surface area contributed by atoms with Crippen LogP contribution in [0.4, 0.5) is 0 Å². The summed E-state index contributed by atoms with van der Waals surface area (Å²) in [5.74, 6) is 0.658. The first-order valence-electron chi connectivity index (χ1n) is 9.63. The van der Waals surface area contributed by atoms with Crippen LogP contribution >= 0.6 is 0 Å². The molecule has 150 valence electrons. The van der Waals surface area contributed by atoms with Gasteiger partial charge in [-0.25, -0.2) is 8.42 Å². The van der Waals surface area contributed by atoms with Crippen LogP contribution in [-0.2, 0) is 23.0 Å². The first kappa shape index (κ1) is 19.5. The molecule has 1 aromatic heterocycles. The van der Waals surface area contributed by atoms with Crippen molar-refractivity contribution < 1.29 is 12.8 Å². The van der Waals surface area contributed by atoms with Crippen LogP contribution in [0.5, 0.6) is 0 Å². The highest BCUT2D eigenvalue weighted by Gasteiger charge is 2.32. The molecule has 3 aromatic rings. The first-order valence-corrected chi connectivity index (χ1v) is 11.1. The fourth-order valence-corrected chi connectivity index (χ4v) is 5.23. The second-order valence-corrected chi connectivity index (χ2v) is 9.26. The molecular formula is C22H23N3O3S. The summed E-state index contributed by atoms with van der Waals surface area (Å²) in [6, 6.07) is 17.1. The normalized spacial score (nSPS) is 14.1. The molecule has 7 heteroatoms. The maximum absolute atomic E-state index is 13.4. The summed E-state index contributed by atoms with van der Waals surface area (Å²) in [5, 5.41) is 8.14. The lowest BCUT2D eigenvalue weighted by atomic mass is 9.98. The number of aryl methyl sites for hydroxylation is 1. The van der Waals surface area contributed by atoms with Crippen molar-refractivity contribution in [3.8, 4) is 11.5 Å². The second kappa shape index (κ2) is 7.93. The molecule has 0 saturated heterocycles. The van der Waals surface area contributed by atoms with Crippen molar-refractivity contribution in [2.24, 2.45) is 0 Å². The van der Waals surface area contributed by atoms with E-state index in [4.69, 9.17) is 4.42 Å². The van der Waals surface area contributed by atoms with E-state index >= 15 is 0 Å². The smallest absolute Gasteiger partial charge is 0.247 e. The summed E-state index contributed by atoms with van der Waals surface area (Å²) in [7, 11) is -3.65. The third-order valence-corrected chi connectivity index (χ3v) is 7.16. The van der Waals surface area contributed by atoms with Crippen molar-refractivity contribution in [1.29, 1.82) is 0 Å². The van der Waals surface area contributed by atoms with Crippen molar-refractivity contribution in [1.82, 2.24) is 14.5 Å². The topological polar surface area (TPSA) is 76.3 Å². The number of hydrogen-bond donors (Lipinski definition) is 0. The van der Waals surface area contributed by atoms with Crippen LogP contribution in [0.3, 0.4) is 0 Å². The SMILES string of the molecule is CC(C)N(Cc1nnc(-c2ccccc2)o1)S(=O)(=O)C1=Cc2ccccc2CC1. The number of allylic oxidation sites excluding steroid dienone is 1. The van der Waals surface area contributed by atoms with Crippen molar-refractivity contribution >= 4 is 16.1 Å². The molecule has 1 aliphatic rings. The largest absolute Gasteiger partial charge is 0.419 e. The molecule has 0 bridgehead atoms. The lowest BCUT2D eigenvalue weighted by molar-refractivity contribution is 0.315. The van der Waals surface area contributed by atoms with Crippen molar-refractivity contribution in [3.63, 3.8) is 0 Å². The van der Waals surface area contributed by atoms with Crippen molar-refractivity contribution in [3.05, 3.63) is 76.5 Å². The average Bonchev–Trinajstić information content (AvgIpc) is 3.21. The number of aromatic nitrogens is 2. The summed E-state index contributed by atoms with van der Waals surface area (Å²) in [5.41, 5.74) is 2.94. The summed E-state index contributed by atoms with van der Waals surface area (Å²) < 4.78 is 33.9. The van der Waals surface area contributed by atoms with Crippen LogP contribution < -0.4 is 0 Å². The highest BCUT2D eigenvalue weighted by molar-refractivity contribution is 7.93. The Morgan fingerprint density at radius 1 is 1.00 bits per heavy atom. The fraction of sp³-hybridized carbons (Fsp3) is 0.273. The Hall–Kier alpha value is -2.77.